The van der Waals surface area contributed by atoms with Crippen molar-refractivity contribution in [1.29, 1.82) is 0 Å². The first-order chi connectivity index (χ1) is 3.06. The summed E-state index contributed by atoms with van der Waals surface area (Å²) in [5.74, 6) is 0. The monoisotopic (exact) mass is 246 g/mol. The van der Waals surface area contributed by atoms with Gasteiger partial charge in [0.1, 0.15) is 0 Å². The van der Waals surface area contributed by atoms with Crippen LogP contribution in [0, 0.1) is 0 Å². The van der Waals surface area contributed by atoms with Crippen molar-refractivity contribution in [2.45, 2.75) is 37.0 Å². The third-order valence-corrected chi connectivity index (χ3v) is 1.38. The second-order valence-electron chi connectivity index (χ2n) is 2.47. The van der Waals surface area contributed by atoms with Gasteiger partial charge in [0.2, 0.25) is 0 Å². The van der Waals surface area contributed by atoms with Crippen molar-refractivity contribution in [1.82, 2.24) is 0 Å². The SMILES string of the molecule is CCCC(C)(C)I.S. The van der Waals surface area contributed by atoms with Gasteiger partial charge >= 0.3 is 0 Å². The molecule has 0 nitrogen and oxygen atoms in total. The normalized spacial score (nSPS) is 10.5. The predicted octanol–water partition coefficient (Wildman–Crippen LogP) is 3.11. The van der Waals surface area contributed by atoms with Crippen molar-refractivity contribution in [2.75, 3.05) is 0 Å². The molecule has 0 fully saturated rings. The fourth-order valence-electron chi connectivity index (χ4n) is 0.594. The van der Waals surface area contributed by atoms with Crippen molar-refractivity contribution in [3.8, 4) is 0 Å². The molecule has 0 aromatic heterocycles. The molecular weight excluding hydrogens is 231 g/mol. The Morgan fingerprint density at radius 2 is 1.75 bits per heavy atom. The molecule has 8 heavy (non-hydrogen) atoms. The third kappa shape index (κ3) is 10.1. The van der Waals surface area contributed by atoms with E-state index in [0.717, 1.165) is 0 Å². The van der Waals surface area contributed by atoms with Crippen LogP contribution in [0.15, 0.2) is 0 Å². The van der Waals surface area contributed by atoms with E-state index in [1.54, 1.807) is 0 Å². The van der Waals surface area contributed by atoms with Crippen LogP contribution in [0.2, 0.25) is 0 Å². The van der Waals surface area contributed by atoms with Gasteiger partial charge in [-0.15, -0.1) is 0 Å². The highest BCUT2D eigenvalue weighted by molar-refractivity contribution is 14.1. The maximum Gasteiger partial charge on any atom is 0.0166 e. The molecule has 0 atom stereocenters. The Hall–Kier alpha value is 1.08. The Labute approximate surface area is 73.0 Å². The molecule has 0 saturated heterocycles. The number of hydrogen-bond donors (Lipinski definition) is 0. The average Bonchev–Trinajstić information content (AvgIpc) is 1.30. The van der Waals surface area contributed by atoms with Crippen molar-refractivity contribution < 1.29 is 0 Å². The number of alkyl halides is 1. The highest BCUT2D eigenvalue weighted by Crippen LogP contribution is 2.21. The minimum Gasteiger partial charge on any atom is -0.197 e. The van der Waals surface area contributed by atoms with Crippen LogP contribution in [0.1, 0.15) is 33.6 Å². The largest absolute Gasteiger partial charge is 0.197 e. The van der Waals surface area contributed by atoms with E-state index in [1.807, 2.05) is 0 Å². The van der Waals surface area contributed by atoms with Gasteiger partial charge < -0.3 is 0 Å². The van der Waals surface area contributed by atoms with Crippen molar-refractivity contribution in [3.05, 3.63) is 0 Å². The number of halogens is 1. The summed E-state index contributed by atoms with van der Waals surface area (Å²) in [6.07, 6.45) is 2.63. The van der Waals surface area contributed by atoms with Gasteiger partial charge in [-0.25, -0.2) is 0 Å². The molecule has 0 aliphatic carbocycles. The molecule has 0 rings (SSSR count). The molecule has 0 aromatic carbocycles. The van der Waals surface area contributed by atoms with Gasteiger partial charge in [0.25, 0.3) is 0 Å². The summed E-state index contributed by atoms with van der Waals surface area (Å²) in [5.41, 5.74) is 0. The predicted molar refractivity (Wildman–Crippen MR) is 53.4 cm³/mol. The van der Waals surface area contributed by atoms with Gasteiger partial charge in [-0.3, -0.25) is 0 Å². The van der Waals surface area contributed by atoms with E-state index in [4.69, 9.17) is 0 Å². The van der Waals surface area contributed by atoms with Gasteiger partial charge in [0, 0.05) is 3.42 Å². The van der Waals surface area contributed by atoms with Gasteiger partial charge in [-0.1, -0.05) is 49.8 Å². The molecule has 0 N–H and O–H groups in total. The van der Waals surface area contributed by atoms with E-state index in [-0.39, 0.29) is 13.5 Å². The van der Waals surface area contributed by atoms with Crippen LogP contribution in [0.5, 0.6) is 0 Å². The van der Waals surface area contributed by atoms with Crippen molar-refractivity contribution >= 4 is 36.1 Å². The molecule has 0 aliphatic rings. The molecular formula is C6H15IS. The molecule has 52 valence electrons. The van der Waals surface area contributed by atoms with Crippen LogP contribution in [0.4, 0.5) is 0 Å². The second kappa shape index (κ2) is 4.91. The first-order valence-corrected chi connectivity index (χ1v) is 3.83. The molecule has 0 aliphatic heterocycles. The summed E-state index contributed by atoms with van der Waals surface area (Å²) in [4.78, 5) is 0. The Kier molecular flexibility index (Phi) is 7.26. The van der Waals surface area contributed by atoms with Crippen LogP contribution in [-0.2, 0) is 0 Å². The number of hydrogen-bond acceptors (Lipinski definition) is 0. The standard InChI is InChI=1S/C6H13I.H2S/c1-4-5-6(2,3)7;/h4-5H2,1-3H3;1H2. The Bertz CT molecular complexity index is 47.0. The zero-order chi connectivity index (χ0) is 5.91. The fraction of sp³-hybridized carbons (Fsp3) is 1.00. The highest BCUT2D eigenvalue weighted by atomic mass is 127. The highest BCUT2D eigenvalue weighted by Gasteiger charge is 2.08. The quantitative estimate of drug-likeness (QED) is 0.518. The smallest absolute Gasteiger partial charge is 0.0166 e. The van der Waals surface area contributed by atoms with E-state index in [1.165, 1.54) is 12.8 Å². The molecule has 0 unspecified atom stereocenters. The van der Waals surface area contributed by atoms with E-state index in [2.05, 4.69) is 43.4 Å². The average molecular weight is 246 g/mol. The fourth-order valence-corrected chi connectivity index (χ4v) is 1.13. The first kappa shape index (κ1) is 11.8. The second-order valence-corrected chi connectivity index (χ2v) is 5.39. The zero-order valence-corrected chi connectivity index (χ0v) is 8.95. The van der Waals surface area contributed by atoms with Gasteiger partial charge in [0.05, 0.1) is 0 Å². The maximum absolute atomic E-state index is 2.48. The van der Waals surface area contributed by atoms with Crippen LogP contribution < -0.4 is 0 Å². The summed E-state index contributed by atoms with van der Waals surface area (Å²) >= 11 is 2.48. The minimum atomic E-state index is 0. The molecule has 0 spiro atoms. The third-order valence-electron chi connectivity index (χ3n) is 0.844. The lowest BCUT2D eigenvalue weighted by Crippen LogP contribution is -2.06. The molecule has 0 aromatic rings. The lowest BCUT2D eigenvalue weighted by Gasteiger charge is -2.12. The molecule has 0 saturated carbocycles. The molecule has 0 amide bonds. The first-order valence-electron chi connectivity index (χ1n) is 2.75. The molecule has 0 heterocycles. The van der Waals surface area contributed by atoms with Crippen LogP contribution >= 0.6 is 36.1 Å². The lowest BCUT2D eigenvalue weighted by molar-refractivity contribution is 0.655. The van der Waals surface area contributed by atoms with Gasteiger partial charge in [-0.05, 0) is 6.42 Å². The van der Waals surface area contributed by atoms with E-state index < -0.39 is 0 Å². The summed E-state index contributed by atoms with van der Waals surface area (Å²) in [6, 6.07) is 0. The van der Waals surface area contributed by atoms with Crippen LogP contribution in [0.25, 0.3) is 0 Å². The van der Waals surface area contributed by atoms with E-state index in [0.29, 0.717) is 3.42 Å². The van der Waals surface area contributed by atoms with E-state index >= 15 is 0 Å². The summed E-state index contributed by atoms with van der Waals surface area (Å²) < 4.78 is 0.520. The van der Waals surface area contributed by atoms with Crippen molar-refractivity contribution in [2.24, 2.45) is 0 Å². The lowest BCUT2D eigenvalue weighted by atomic mass is 10.1. The van der Waals surface area contributed by atoms with Crippen LogP contribution in [0.3, 0.4) is 0 Å². The summed E-state index contributed by atoms with van der Waals surface area (Å²) in [5, 5.41) is 0. The zero-order valence-electron chi connectivity index (χ0n) is 5.79. The topological polar surface area (TPSA) is 0 Å². The Balaban J connectivity index is 0. The van der Waals surface area contributed by atoms with Crippen molar-refractivity contribution in [3.63, 3.8) is 0 Å². The van der Waals surface area contributed by atoms with Crippen LogP contribution in [-0.4, -0.2) is 3.42 Å². The molecule has 0 bridgehead atoms. The molecule has 2 heteroatoms. The van der Waals surface area contributed by atoms with E-state index in [9.17, 15) is 0 Å². The summed E-state index contributed by atoms with van der Waals surface area (Å²) in [7, 11) is 0. The Morgan fingerprint density at radius 1 is 1.38 bits per heavy atom. The molecule has 0 radical (unpaired) electrons. The van der Waals surface area contributed by atoms with Gasteiger partial charge in [0.15, 0.2) is 0 Å². The number of rotatable bonds is 2. The minimum absolute atomic E-state index is 0. The maximum atomic E-state index is 2.48. The Morgan fingerprint density at radius 3 is 1.75 bits per heavy atom. The summed E-state index contributed by atoms with van der Waals surface area (Å²) in [6.45, 7) is 6.74. The van der Waals surface area contributed by atoms with Gasteiger partial charge in [-0.2, -0.15) is 13.5 Å².